The molecule has 4 aromatic carbocycles. The maximum absolute atomic E-state index is 9.56. The van der Waals surface area contributed by atoms with Gasteiger partial charge >= 0.3 is 7.12 Å². The summed E-state index contributed by atoms with van der Waals surface area (Å²) in [5, 5.41) is 21.6. The maximum atomic E-state index is 9.56. The Morgan fingerprint density at radius 1 is 0.733 bits per heavy atom. The van der Waals surface area contributed by atoms with E-state index >= 15 is 0 Å². The highest BCUT2D eigenvalue weighted by Crippen LogP contribution is 2.42. The lowest BCUT2D eigenvalue weighted by atomic mass is 9.79. The third-order valence-electron chi connectivity index (χ3n) is 5.22. The molecule has 146 valence electrons. The molecule has 0 unspecified atom stereocenters. The standard InChI is InChI=1S/C24H15BBrClO3/c26-22-18(15-11-16(25(28)29)13-17(27)12-15)9-10-21-20-8-4-7-19(23(20)30-24(21)22)14-5-2-1-3-6-14/h1-13,28-29H. The molecular weight excluding hydrogens is 462 g/mol. The maximum Gasteiger partial charge on any atom is 0.488 e. The van der Waals surface area contributed by atoms with Crippen LogP contribution in [-0.2, 0) is 0 Å². The van der Waals surface area contributed by atoms with Gasteiger partial charge in [0.05, 0.1) is 4.47 Å². The Kier molecular flexibility index (Phi) is 4.92. The van der Waals surface area contributed by atoms with Crippen LogP contribution in [0.5, 0.6) is 0 Å². The highest BCUT2D eigenvalue weighted by atomic mass is 79.9. The molecule has 3 nitrogen and oxygen atoms in total. The average molecular weight is 478 g/mol. The second kappa shape index (κ2) is 7.60. The molecule has 0 saturated carbocycles. The quantitative estimate of drug-likeness (QED) is 0.313. The van der Waals surface area contributed by atoms with Crippen LogP contribution >= 0.6 is 27.5 Å². The molecule has 0 aliphatic rings. The topological polar surface area (TPSA) is 53.6 Å². The molecule has 30 heavy (non-hydrogen) atoms. The molecule has 0 radical (unpaired) electrons. The van der Waals surface area contributed by atoms with Gasteiger partial charge in [-0.25, -0.2) is 0 Å². The SMILES string of the molecule is OB(O)c1cc(Cl)cc(-c2ccc3c(oc4c(-c5ccccc5)cccc43)c2Br)c1. The zero-order valence-corrected chi connectivity index (χ0v) is 18.0. The minimum Gasteiger partial charge on any atom is -0.454 e. The minimum absolute atomic E-state index is 0.334. The van der Waals surface area contributed by atoms with Gasteiger partial charge < -0.3 is 14.5 Å². The van der Waals surface area contributed by atoms with Gasteiger partial charge in [-0.05, 0) is 56.3 Å². The Hall–Kier alpha value is -2.57. The number of furan rings is 1. The summed E-state index contributed by atoms with van der Waals surface area (Å²) in [6.07, 6.45) is 0. The summed E-state index contributed by atoms with van der Waals surface area (Å²) in [5.74, 6) is 0. The van der Waals surface area contributed by atoms with Crippen molar-refractivity contribution in [3.8, 4) is 22.3 Å². The molecule has 0 bridgehead atoms. The molecule has 0 aliphatic heterocycles. The number of fused-ring (bicyclic) bond motifs is 3. The summed E-state index contributed by atoms with van der Waals surface area (Å²) in [5.41, 5.74) is 5.64. The molecule has 1 aromatic heterocycles. The lowest BCUT2D eigenvalue weighted by molar-refractivity contribution is 0.426. The number of para-hydroxylation sites is 1. The van der Waals surface area contributed by atoms with E-state index in [2.05, 4.69) is 40.2 Å². The largest absolute Gasteiger partial charge is 0.488 e. The molecule has 0 spiro atoms. The van der Waals surface area contributed by atoms with Gasteiger partial charge in [-0.15, -0.1) is 0 Å². The summed E-state index contributed by atoms with van der Waals surface area (Å²) >= 11 is 9.91. The molecule has 5 aromatic rings. The van der Waals surface area contributed by atoms with E-state index in [1.54, 1.807) is 12.1 Å². The van der Waals surface area contributed by atoms with E-state index in [4.69, 9.17) is 16.0 Å². The highest BCUT2D eigenvalue weighted by molar-refractivity contribution is 9.10. The first-order valence-corrected chi connectivity index (χ1v) is 10.6. The first-order valence-electron chi connectivity index (χ1n) is 9.39. The normalized spacial score (nSPS) is 11.3. The summed E-state index contributed by atoms with van der Waals surface area (Å²) in [6, 6.07) is 25.3. The van der Waals surface area contributed by atoms with Gasteiger partial charge in [0.15, 0.2) is 0 Å². The molecule has 0 saturated heterocycles. The Bertz CT molecular complexity index is 1400. The van der Waals surface area contributed by atoms with Crippen LogP contribution < -0.4 is 5.46 Å². The van der Waals surface area contributed by atoms with E-state index in [9.17, 15) is 10.0 Å². The monoisotopic (exact) mass is 476 g/mol. The van der Waals surface area contributed by atoms with E-state index in [1.165, 1.54) is 6.07 Å². The Labute approximate surface area is 186 Å². The Balaban J connectivity index is 1.75. The average Bonchev–Trinajstić information content (AvgIpc) is 3.14. The number of benzene rings is 4. The van der Waals surface area contributed by atoms with Crippen molar-refractivity contribution in [1.82, 2.24) is 0 Å². The molecule has 1 heterocycles. The summed E-state index contributed by atoms with van der Waals surface area (Å²) in [7, 11) is -1.59. The summed E-state index contributed by atoms with van der Waals surface area (Å²) in [6.45, 7) is 0. The molecule has 0 aliphatic carbocycles. The number of halogens is 2. The lowest BCUT2D eigenvalue weighted by Gasteiger charge is -2.09. The van der Waals surface area contributed by atoms with Crippen LogP contribution in [-0.4, -0.2) is 17.2 Å². The van der Waals surface area contributed by atoms with E-state index in [-0.39, 0.29) is 0 Å². The zero-order valence-electron chi connectivity index (χ0n) is 15.6. The second-order valence-corrected chi connectivity index (χ2v) is 8.33. The van der Waals surface area contributed by atoms with Gasteiger partial charge in [0.1, 0.15) is 11.2 Å². The molecule has 6 heteroatoms. The summed E-state index contributed by atoms with van der Waals surface area (Å²) < 4.78 is 7.15. The molecule has 0 fully saturated rings. The smallest absolute Gasteiger partial charge is 0.454 e. The van der Waals surface area contributed by atoms with Crippen molar-refractivity contribution in [2.45, 2.75) is 0 Å². The van der Waals surface area contributed by atoms with Crippen LogP contribution in [0, 0.1) is 0 Å². The van der Waals surface area contributed by atoms with Crippen LogP contribution in [0.1, 0.15) is 0 Å². The van der Waals surface area contributed by atoms with E-state index < -0.39 is 7.12 Å². The van der Waals surface area contributed by atoms with Gasteiger partial charge in [-0.1, -0.05) is 72.3 Å². The van der Waals surface area contributed by atoms with Crippen molar-refractivity contribution in [3.63, 3.8) is 0 Å². The van der Waals surface area contributed by atoms with Gasteiger partial charge in [0.2, 0.25) is 0 Å². The van der Waals surface area contributed by atoms with Crippen LogP contribution in [0.4, 0.5) is 0 Å². The number of hydrogen-bond donors (Lipinski definition) is 2. The predicted octanol–water partition coefficient (Wildman–Crippen LogP) is 6.02. The molecule has 0 amide bonds. The van der Waals surface area contributed by atoms with Crippen molar-refractivity contribution in [2.24, 2.45) is 0 Å². The zero-order chi connectivity index (χ0) is 20.8. The van der Waals surface area contributed by atoms with Crippen molar-refractivity contribution >= 4 is 62.1 Å². The molecule has 0 atom stereocenters. The van der Waals surface area contributed by atoms with E-state index in [1.807, 2.05) is 36.4 Å². The fourth-order valence-corrected chi connectivity index (χ4v) is 4.71. The fraction of sp³-hybridized carbons (Fsp3) is 0. The summed E-state index contributed by atoms with van der Waals surface area (Å²) in [4.78, 5) is 0. The number of rotatable bonds is 3. The Morgan fingerprint density at radius 2 is 1.50 bits per heavy atom. The minimum atomic E-state index is -1.59. The third kappa shape index (κ3) is 3.24. The Morgan fingerprint density at radius 3 is 2.27 bits per heavy atom. The lowest BCUT2D eigenvalue weighted by Crippen LogP contribution is -2.29. The van der Waals surface area contributed by atoms with Gasteiger partial charge in [-0.2, -0.15) is 0 Å². The van der Waals surface area contributed by atoms with Crippen LogP contribution in [0.25, 0.3) is 44.2 Å². The van der Waals surface area contributed by atoms with E-state index in [0.29, 0.717) is 10.5 Å². The first kappa shape index (κ1) is 19.4. The highest BCUT2D eigenvalue weighted by Gasteiger charge is 2.19. The van der Waals surface area contributed by atoms with Gasteiger partial charge in [0, 0.05) is 21.4 Å². The molecular formula is C24H15BBrClO3. The van der Waals surface area contributed by atoms with Crippen LogP contribution in [0.2, 0.25) is 5.02 Å². The van der Waals surface area contributed by atoms with Crippen molar-refractivity contribution in [1.29, 1.82) is 0 Å². The van der Waals surface area contributed by atoms with Crippen molar-refractivity contribution in [2.75, 3.05) is 0 Å². The van der Waals surface area contributed by atoms with Crippen molar-refractivity contribution < 1.29 is 14.5 Å². The molecule has 5 rings (SSSR count). The number of hydrogen-bond acceptors (Lipinski definition) is 3. The predicted molar refractivity (Wildman–Crippen MR) is 127 cm³/mol. The third-order valence-corrected chi connectivity index (χ3v) is 6.23. The van der Waals surface area contributed by atoms with E-state index in [0.717, 1.165) is 48.7 Å². The fourth-order valence-electron chi connectivity index (χ4n) is 3.81. The van der Waals surface area contributed by atoms with Gasteiger partial charge in [-0.3, -0.25) is 0 Å². The van der Waals surface area contributed by atoms with Gasteiger partial charge in [0.25, 0.3) is 0 Å². The second-order valence-electron chi connectivity index (χ2n) is 7.10. The van der Waals surface area contributed by atoms with Crippen molar-refractivity contribution in [3.05, 3.63) is 88.4 Å². The first-order chi connectivity index (χ1) is 14.5. The molecule has 2 N–H and O–H groups in total. The van der Waals surface area contributed by atoms with Crippen LogP contribution in [0.15, 0.2) is 87.8 Å². The van der Waals surface area contributed by atoms with Crippen LogP contribution in [0.3, 0.4) is 0 Å².